The third-order valence-corrected chi connectivity index (χ3v) is 7.53. The maximum Gasteiger partial charge on any atom is 0.416 e. The number of hydrogen-bond donors (Lipinski definition) is 2. The van der Waals surface area contributed by atoms with Crippen molar-refractivity contribution in [2.75, 3.05) is 0 Å². The highest BCUT2D eigenvalue weighted by Crippen LogP contribution is 2.32. The molecule has 3 aromatic carbocycles. The normalized spacial score (nSPS) is 16.8. The highest BCUT2D eigenvalue weighted by atomic mass is 19.4. The molecule has 0 spiro atoms. The molecular formula is C33H32F3N3O5. The van der Waals surface area contributed by atoms with Gasteiger partial charge in [-0.15, -0.1) is 0 Å². The number of nitrogens with zero attached hydrogens (tertiary/aromatic N) is 2. The summed E-state index contributed by atoms with van der Waals surface area (Å²) in [5.41, 5.74) is 1.88. The second-order valence-electron chi connectivity index (χ2n) is 10.6. The zero-order valence-electron chi connectivity index (χ0n) is 23.8. The van der Waals surface area contributed by atoms with Crippen molar-refractivity contribution in [3.05, 3.63) is 107 Å². The van der Waals surface area contributed by atoms with Crippen LogP contribution in [0.2, 0.25) is 0 Å². The Bertz CT molecular complexity index is 1570. The number of carboxylic acids is 1. The molecule has 1 aromatic heterocycles. The Balaban J connectivity index is 1.26. The van der Waals surface area contributed by atoms with Crippen molar-refractivity contribution in [1.82, 2.24) is 15.1 Å². The number of rotatable bonds is 11. The molecule has 1 saturated carbocycles. The van der Waals surface area contributed by atoms with Crippen molar-refractivity contribution in [3.8, 4) is 17.0 Å². The lowest BCUT2D eigenvalue weighted by Gasteiger charge is -2.32. The van der Waals surface area contributed by atoms with Crippen LogP contribution in [-0.2, 0) is 35.5 Å². The van der Waals surface area contributed by atoms with Crippen LogP contribution in [0.15, 0.2) is 84.9 Å². The van der Waals surface area contributed by atoms with E-state index in [0.29, 0.717) is 23.3 Å². The Labute approximate surface area is 252 Å². The number of nitrogens with one attached hydrogen (secondary N) is 1. The molecular weight excluding hydrogens is 575 g/mol. The smallest absolute Gasteiger partial charge is 0.416 e. The van der Waals surface area contributed by atoms with Crippen LogP contribution < -0.4 is 10.1 Å². The standard InChI is InChI=1S/C33H32F3N3O5/c34-33(35,36)25-16-14-23(15-17-25)26-11-5-4-10-24(26)21-44-31-18-28(32(41)42)38-39(31)19-30(40)37-27-12-6-7-13-29(27)43-20-22-8-2-1-3-9-22/h1-5,8-11,14-18,27,29H,6-7,12-13,19-21H2,(H,37,40)(H,41,42). The van der Waals surface area contributed by atoms with Gasteiger partial charge < -0.3 is 19.9 Å². The molecule has 8 nitrogen and oxygen atoms in total. The SMILES string of the molecule is O=C(Cn1nc(C(=O)O)cc1OCc1ccccc1-c1ccc(C(F)(F)F)cc1)NC1CCCCC1OCc1ccccc1. The van der Waals surface area contributed by atoms with Gasteiger partial charge in [0.1, 0.15) is 13.2 Å². The van der Waals surface area contributed by atoms with Crippen LogP contribution in [0, 0.1) is 0 Å². The monoisotopic (exact) mass is 607 g/mol. The molecule has 0 radical (unpaired) electrons. The van der Waals surface area contributed by atoms with E-state index in [2.05, 4.69) is 10.4 Å². The summed E-state index contributed by atoms with van der Waals surface area (Å²) in [6.45, 7) is 0.123. The number of aromatic nitrogens is 2. The minimum absolute atomic E-state index is 0.0401. The third-order valence-electron chi connectivity index (χ3n) is 7.53. The second kappa shape index (κ2) is 13.8. The average molecular weight is 608 g/mol. The van der Waals surface area contributed by atoms with E-state index in [0.717, 1.165) is 43.4 Å². The minimum atomic E-state index is -4.44. The van der Waals surface area contributed by atoms with Crippen molar-refractivity contribution >= 4 is 11.9 Å². The first kappa shape index (κ1) is 30.8. The molecule has 2 unspecified atom stereocenters. The molecule has 44 heavy (non-hydrogen) atoms. The molecule has 1 heterocycles. The van der Waals surface area contributed by atoms with Gasteiger partial charge in [0, 0.05) is 6.07 Å². The summed E-state index contributed by atoms with van der Waals surface area (Å²) in [5.74, 6) is -1.57. The van der Waals surface area contributed by atoms with Crippen molar-refractivity contribution in [2.24, 2.45) is 0 Å². The summed E-state index contributed by atoms with van der Waals surface area (Å²) >= 11 is 0. The van der Waals surface area contributed by atoms with E-state index in [1.807, 2.05) is 30.3 Å². The molecule has 1 aliphatic carbocycles. The molecule has 0 bridgehead atoms. The number of carbonyl (C=O) groups is 2. The molecule has 2 atom stereocenters. The first-order valence-electron chi connectivity index (χ1n) is 14.3. The largest absolute Gasteiger partial charge is 0.476 e. The summed E-state index contributed by atoms with van der Waals surface area (Å²) in [5, 5.41) is 16.6. The van der Waals surface area contributed by atoms with Crippen LogP contribution in [0.3, 0.4) is 0 Å². The van der Waals surface area contributed by atoms with Gasteiger partial charge in [0.05, 0.1) is 24.3 Å². The van der Waals surface area contributed by atoms with Gasteiger partial charge in [-0.25, -0.2) is 9.48 Å². The molecule has 2 N–H and O–H groups in total. The number of carboxylic acid groups (broad SMARTS) is 1. The van der Waals surface area contributed by atoms with Gasteiger partial charge in [0.25, 0.3) is 0 Å². The molecule has 4 aromatic rings. The van der Waals surface area contributed by atoms with E-state index < -0.39 is 17.7 Å². The summed E-state index contributed by atoms with van der Waals surface area (Å²) in [6.07, 6.45) is -1.07. The Kier molecular flexibility index (Phi) is 9.64. The van der Waals surface area contributed by atoms with Crippen LogP contribution in [0.1, 0.15) is 52.9 Å². The number of hydrogen-bond acceptors (Lipinski definition) is 5. The lowest BCUT2D eigenvalue weighted by molar-refractivity contribution is -0.137. The number of amides is 1. The fourth-order valence-electron chi connectivity index (χ4n) is 5.28. The zero-order valence-corrected chi connectivity index (χ0v) is 23.8. The Morgan fingerprint density at radius 3 is 2.36 bits per heavy atom. The van der Waals surface area contributed by atoms with E-state index >= 15 is 0 Å². The molecule has 11 heteroatoms. The van der Waals surface area contributed by atoms with Crippen molar-refractivity contribution in [2.45, 2.75) is 63.8 Å². The topological polar surface area (TPSA) is 103 Å². The number of benzene rings is 3. The van der Waals surface area contributed by atoms with Gasteiger partial charge in [-0.3, -0.25) is 4.79 Å². The van der Waals surface area contributed by atoms with Crippen LogP contribution in [-0.4, -0.2) is 38.9 Å². The molecule has 230 valence electrons. The minimum Gasteiger partial charge on any atom is -0.476 e. The molecule has 5 rings (SSSR count). The summed E-state index contributed by atoms with van der Waals surface area (Å²) in [6, 6.07) is 22.7. The van der Waals surface area contributed by atoms with Crippen LogP contribution in [0.4, 0.5) is 13.2 Å². The molecule has 1 fully saturated rings. The first-order valence-corrected chi connectivity index (χ1v) is 14.3. The Hall–Kier alpha value is -4.64. The second-order valence-corrected chi connectivity index (χ2v) is 10.6. The Morgan fingerprint density at radius 1 is 0.932 bits per heavy atom. The van der Waals surface area contributed by atoms with E-state index in [9.17, 15) is 27.9 Å². The van der Waals surface area contributed by atoms with Crippen molar-refractivity contribution < 1.29 is 37.3 Å². The third kappa shape index (κ3) is 7.84. The van der Waals surface area contributed by atoms with E-state index in [4.69, 9.17) is 9.47 Å². The predicted molar refractivity (Wildman–Crippen MR) is 156 cm³/mol. The fraction of sp³-hybridized carbons (Fsp3) is 0.303. The van der Waals surface area contributed by atoms with Gasteiger partial charge in [-0.2, -0.15) is 18.3 Å². The molecule has 1 amide bonds. The van der Waals surface area contributed by atoms with Crippen LogP contribution >= 0.6 is 0 Å². The molecule has 1 aliphatic rings. The van der Waals surface area contributed by atoms with Gasteiger partial charge in [0.15, 0.2) is 5.69 Å². The lowest BCUT2D eigenvalue weighted by atomic mass is 9.92. The maximum atomic E-state index is 13.1. The number of alkyl halides is 3. The van der Waals surface area contributed by atoms with Gasteiger partial charge in [0.2, 0.25) is 11.8 Å². The summed E-state index contributed by atoms with van der Waals surface area (Å²) in [7, 11) is 0. The maximum absolute atomic E-state index is 13.1. The first-order chi connectivity index (χ1) is 21.2. The number of ether oxygens (including phenoxy) is 2. The Morgan fingerprint density at radius 2 is 1.64 bits per heavy atom. The number of carbonyl (C=O) groups excluding carboxylic acids is 1. The summed E-state index contributed by atoms with van der Waals surface area (Å²) in [4.78, 5) is 24.8. The number of halogens is 3. The fourth-order valence-corrected chi connectivity index (χ4v) is 5.28. The van der Waals surface area contributed by atoms with Crippen molar-refractivity contribution in [3.63, 3.8) is 0 Å². The zero-order chi connectivity index (χ0) is 31.1. The van der Waals surface area contributed by atoms with E-state index in [1.165, 1.54) is 22.9 Å². The molecule has 0 saturated heterocycles. The highest BCUT2D eigenvalue weighted by molar-refractivity contribution is 5.86. The lowest BCUT2D eigenvalue weighted by Crippen LogP contribution is -2.47. The quantitative estimate of drug-likeness (QED) is 0.202. The predicted octanol–water partition coefficient (Wildman–Crippen LogP) is 6.49. The molecule has 0 aliphatic heterocycles. The van der Waals surface area contributed by atoms with Crippen LogP contribution in [0.5, 0.6) is 5.88 Å². The van der Waals surface area contributed by atoms with Crippen LogP contribution in [0.25, 0.3) is 11.1 Å². The van der Waals surface area contributed by atoms with Gasteiger partial charge in [-0.1, -0.05) is 79.6 Å². The number of aromatic carboxylic acids is 1. The van der Waals surface area contributed by atoms with Gasteiger partial charge >= 0.3 is 12.1 Å². The van der Waals surface area contributed by atoms with Crippen molar-refractivity contribution in [1.29, 1.82) is 0 Å². The highest BCUT2D eigenvalue weighted by Gasteiger charge is 2.30. The summed E-state index contributed by atoms with van der Waals surface area (Å²) < 4.78 is 52.4. The average Bonchev–Trinajstić information content (AvgIpc) is 3.42. The van der Waals surface area contributed by atoms with E-state index in [-0.39, 0.29) is 42.8 Å². The van der Waals surface area contributed by atoms with E-state index in [1.54, 1.807) is 24.3 Å². The van der Waals surface area contributed by atoms with Gasteiger partial charge in [-0.05, 0) is 47.2 Å².